The summed E-state index contributed by atoms with van der Waals surface area (Å²) in [5, 5.41) is 18.4. The van der Waals surface area contributed by atoms with E-state index in [9.17, 15) is 18.7 Å². The van der Waals surface area contributed by atoms with Crippen LogP contribution >= 0.6 is 0 Å². The fourth-order valence-electron chi connectivity index (χ4n) is 6.52. The number of aromatic nitrogens is 4. The van der Waals surface area contributed by atoms with Crippen molar-refractivity contribution in [3.05, 3.63) is 70.9 Å². The molecular formula is C28H29F2IN5O2-. The SMILES string of the molecule is CC1(C)[C@H]2C[I-]C[C@]1(c1ccnc(C3CCCN(C(=O)CO)C3)n1)c1nnc(-c3c(F)cccc3F)cc12. The Morgan fingerprint density at radius 1 is 1.21 bits per heavy atom. The number of amides is 1. The van der Waals surface area contributed by atoms with E-state index in [4.69, 9.17) is 4.98 Å². The van der Waals surface area contributed by atoms with Gasteiger partial charge in [-0.05, 0) is 0 Å². The van der Waals surface area contributed by atoms with Crippen LogP contribution in [0.5, 0.6) is 0 Å². The number of carbonyl (C=O) groups excluding carboxylic acids is 1. The van der Waals surface area contributed by atoms with Crippen LogP contribution in [0.15, 0.2) is 36.5 Å². The third-order valence-electron chi connectivity index (χ3n) is 8.74. The summed E-state index contributed by atoms with van der Waals surface area (Å²) >= 11 is -0.165. The van der Waals surface area contributed by atoms with Gasteiger partial charge in [-0.1, -0.05) is 0 Å². The number of likely N-dealkylation sites (tertiary alicyclic amines) is 1. The molecule has 2 aromatic heterocycles. The summed E-state index contributed by atoms with van der Waals surface area (Å²) in [5.41, 5.74) is 2.15. The van der Waals surface area contributed by atoms with E-state index in [1.807, 2.05) is 12.1 Å². The summed E-state index contributed by atoms with van der Waals surface area (Å²) in [7, 11) is 0. The Hall–Kier alpha value is -2.60. The maximum absolute atomic E-state index is 14.6. The number of halogens is 3. The molecule has 2 fully saturated rings. The summed E-state index contributed by atoms with van der Waals surface area (Å²) in [6, 6.07) is 7.65. The predicted molar refractivity (Wildman–Crippen MR) is 132 cm³/mol. The first-order valence-corrected chi connectivity index (χ1v) is 15.9. The number of hydrogen-bond donors (Lipinski definition) is 1. The number of benzene rings is 1. The van der Waals surface area contributed by atoms with Crippen molar-refractivity contribution in [2.75, 3.05) is 28.6 Å². The molecule has 1 amide bonds. The van der Waals surface area contributed by atoms with Gasteiger partial charge in [0.25, 0.3) is 0 Å². The molecule has 6 rings (SSSR count). The van der Waals surface area contributed by atoms with Crippen LogP contribution in [0.4, 0.5) is 8.78 Å². The van der Waals surface area contributed by atoms with Gasteiger partial charge in [-0.3, -0.25) is 0 Å². The van der Waals surface area contributed by atoms with Crippen LogP contribution in [-0.2, 0) is 10.2 Å². The Bertz CT molecular complexity index is 1400. The van der Waals surface area contributed by atoms with E-state index in [2.05, 4.69) is 29.0 Å². The first kappa shape index (κ1) is 25.7. The van der Waals surface area contributed by atoms with E-state index >= 15 is 0 Å². The minimum atomic E-state index is -0.650. The predicted octanol–water partition coefficient (Wildman–Crippen LogP) is 0.422. The van der Waals surface area contributed by atoms with Crippen LogP contribution < -0.4 is 21.2 Å². The molecule has 3 aliphatic rings. The number of piperidine rings is 1. The second-order valence-electron chi connectivity index (χ2n) is 10.9. The average molecular weight is 632 g/mol. The first-order chi connectivity index (χ1) is 18.3. The zero-order valence-corrected chi connectivity index (χ0v) is 23.5. The van der Waals surface area contributed by atoms with Crippen molar-refractivity contribution < 1.29 is 39.9 Å². The second kappa shape index (κ2) is 9.55. The van der Waals surface area contributed by atoms with E-state index in [-0.39, 0.29) is 55.6 Å². The molecule has 1 unspecified atom stereocenters. The van der Waals surface area contributed by atoms with Gasteiger partial charge in [0.15, 0.2) is 0 Å². The Morgan fingerprint density at radius 2 is 2.00 bits per heavy atom. The van der Waals surface area contributed by atoms with Crippen LogP contribution in [0.2, 0.25) is 0 Å². The summed E-state index contributed by atoms with van der Waals surface area (Å²) in [4.78, 5) is 23.6. The molecule has 0 radical (unpaired) electrons. The Kier molecular flexibility index (Phi) is 6.45. The molecule has 0 spiro atoms. The zero-order chi connectivity index (χ0) is 26.7. The quantitative estimate of drug-likeness (QED) is 0.332. The fraction of sp³-hybridized carbons (Fsp3) is 0.464. The first-order valence-electron chi connectivity index (χ1n) is 12.9. The van der Waals surface area contributed by atoms with Gasteiger partial charge in [0, 0.05) is 0 Å². The third-order valence-corrected chi connectivity index (χ3v) is 11.9. The molecule has 3 atom stereocenters. The molecule has 7 nitrogen and oxygen atoms in total. The van der Waals surface area contributed by atoms with Gasteiger partial charge < -0.3 is 0 Å². The van der Waals surface area contributed by atoms with Crippen LogP contribution in [0.1, 0.15) is 61.3 Å². The van der Waals surface area contributed by atoms with Crippen LogP contribution in [0, 0.1) is 17.0 Å². The van der Waals surface area contributed by atoms with E-state index in [1.165, 1.54) is 18.2 Å². The third kappa shape index (κ3) is 3.77. The Labute approximate surface area is 230 Å². The minimum absolute atomic E-state index is 0.00818. The molecule has 1 aromatic carbocycles. The van der Waals surface area contributed by atoms with Crippen molar-refractivity contribution >= 4 is 5.91 Å². The average Bonchev–Trinajstić information content (AvgIpc) is 3.02. The van der Waals surface area contributed by atoms with Crippen molar-refractivity contribution in [1.82, 2.24) is 25.1 Å². The standard InChI is InChI=1S/C28H29F2IN5O2/c1-27(2)18-12-31-15-28(27,25-17(18)11-21(34-35-25)24-19(29)6-3-7-20(24)30)22-8-9-32-26(33-22)16-5-4-10-36(13-16)23(38)14-37/h3,6-9,11,16,18,37H,4-5,10,12-15H2,1-2H3/q-1/t16?,18-,28-/m0/s1. The Balaban J connectivity index is 1.44. The van der Waals surface area contributed by atoms with Crippen LogP contribution in [-0.4, -0.2) is 64.6 Å². The van der Waals surface area contributed by atoms with Crippen molar-refractivity contribution in [1.29, 1.82) is 0 Å². The van der Waals surface area contributed by atoms with Gasteiger partial charge in [0.05, 0.1) is 0 Å². The number of aliphatic hydroxyl groups is 1. The van der Waals surface area contributed by atoms with Gasteiger partial charge in [0.2, 0.25) is 0 Å². The summed E-state index contributed by atoms with van der Waals surface area (Å²) in [5.74, 6) is -0.686. The van der Waals surface area contributed by atoms with Crippen molar-refractivity contribution in [3.63, 3.8) is 0 Å². The van der Waals surface area contributed by atoms with Crippen LogP contribution in [0.25, 0.3) is 11.3 Å². The van der Waals surface area contributed by atoms with E-state index in [0.717, 1.165) is 38.6 Å². The zero-order valence-electron chi connectivity index (χ0n) is 21.3. The number of alkyl halides is 2. The number of hydrogen-bond acceptors (Lipinski definition) is 6. The van der Waals surface area contributed by atoms with Gasteiger partial charge in [-0.25, -0.2) is 0 Å². The van der Waals surface area contributed by atoms with E-state index in [0.29, 0.717) is 18.9 Å². The van der Waals surface area contributed by atoms with Crippen molar-refractivity contribution in [2.45, 2.75) is 43.9 Å². The van der Waals surface area contributed by atoms with E-state index in [1.54, 1.807) is 11.1 Å². The number of nitrogens with zero attached hydrogens (tertiary/aromatic N) is 5. The topological polar surface area (TPSA) is 92.1 Å². The maximum atomic E-state index is 14.6. The van der Waals surface area contributed by atoms with Crippen LogP contribution in [0.3, 0.4) is 0 Å². The monoisotopic (exact) mass is 632 g/mol. The molecular weight excluding hydrogens is 603 g/mol. The summed E-state index contributed by atoms with van der Waals surface area (Å²) in [6.45, 7) is 5.12. The van der Waals surface area contributed by atoms with Gasteiger partial charge in [-0.2, -0.15) is 0 Å². The summed E-state index contributed by atoms with van der Waals surface area (Å²) in [6.07, 6.45) is 3.50. The molecule has 3 aromatic rings. The number of fused-ring (bicyclic) bond motifs is 5. The molecule has 10 heteroatoms. The normalized spacial score (nSPS) is 26.0. The van der Waals surface area contributed by atoms with Gasteiger partial charge >= 0.3 is 231 Å². The number of aliphatic hydroxyl groups excluding tert-OH is 1. The molecule has 1 N–H and O–H groups in total. The number of rotatable bonds is 4. The molecule has 4 heterocycles. The van der Waals surface area contributed by atoms with Crippen molar-refractivity contribution in [2.24, 2.45) is 5.41 Å². The molecule has 0 saturated carbocycles. The number of carbonyl (C=O) groups is 1. The fourth-order valence-corrected chi connectivity index (χ4v) is 11.6. The molecule has 38 heavy (non-hydrogen) atoms. The Morgan fingerprint density at radius 3 is 2.76 bits per heavy atom. The van der Waals surface area contributed by atoms with Gasteiger partial charge in [0.1, 0.15) is 0 Å². The summed E-state index contributed by atoms with van der Waals surface area (Å²) < 4.78 is 31.2. The molecule has 200 valence electrons. The second-order valence-corrected chi connectivity index (χ2v) is 13.6. The molecule has 1 aliphatic carbocycles. The van der Waals surface area contributed by atoms with Crippen molar-refractivity contribution in [3.8, 4) is 11.3 Å². The van der Waals surface area contributed by atoms with E-state index < -0.39 is 23.7 Å². The molecule has 2 aliphatic heterocycles. The molecule has 2 bridgehead atoms. The van der Waals surface area contributed by atoms with Gasteiger partial charge in [-0.15, -0.1) is 0 Å². The molecule has 2 saturated heterocycles.